The molecule has 0 saturated heterocycles. The predicted molar refractivity (Wildman–Crippen MR) is 66.0 cm³/mol. The van der Waals surface area contributed by atoms with Gasteiger partial charge in [-0.25, -0.2) is 4.98 Å². The highest BCUT2D eigenvalue weighted by Crippen LogP contribution is 2.37. The fourth-order valence-corrected chi connectivity index (χ4v) is 3.00. The summed E-state index contributed by atoms with van der Waals surface area (Å²) in [5.74, 6) is 1.14. The molecule has 1 aliphatic carbocycles. The van der Waals surface area contributed by atoms with Crippen molar-refractivity contribution in [1.29, 1.82) is 0 Å². The lowest BCUT2D eigenvalue weighted by Gasteiger charge is -2.41. The summed E-state index contributed by atoms with van der Waals surface area (Å²) in [6.07, 6.45) is 4.77. The van der Waals surface area contributed by atoms with Crippen molar-refractivity contribution < 1.29 is 4.74 Å². The monoisotopic (exact) mass is 235 g/mol. The zero-order valence-corrected chi connectivity index (χ0v) is 10.8. The number of nitrogens with one attached hydrogen (secondary N) is 1. The standard InChI is InChI=1S/C13H21N3O/c1-10-15-11-8-14-7-4-12(11)16(10)9-13(17-2)5-3-6-13/h14H,3-9H2,1-2H3. The molecule has 2 aliphatic rings. The lowest BCUT2D eigenvalue weighted by molar-refractivity contribution is -0.0842. The Morgan fingerprint density at radius 3 is 2.94 bits per heavy atom. The second-order valence-electron chi connectivity index (χ2n) is 5.31. The van der Waals surface area contributed by atoms with Gasteiger partial charge in [-0.1, -0.05) is 0 Å². The third-order valence-corrected chi connectivity index (χ3v) is 4.32. The van der Waals surface area contributed by atoms with E-state index in [1.54, 1.807) is 0 Å². The largest absolute Gasteiger partial charge is 0.376 e. The Hall–Kier alpha value is -0.870. The van der Waals surface area contributed by atoms with Gasteiger partial charge >= 0.3 is 0 Å². The summed E-state index contributed by atoms with van der Waals surface area (Å²) >= 11 is 0. The molecule has 1 fully saturated rings. The van der Waals surface area contributed by atoms with Crippen molar-refractivity contribution in [1.82, 2.24) is 14.9 Å². The van der Waals surface area contributed by atoms with Crippen molar-refractivity contribution in [3.8, 4) is 0 Å². The van der Waals surface area contributed by atoms with E-state index in [4.69, 9.17) is 4.74 Å². The minimum atomic E-state index is 0.0874. The second-order valence-corrected chi connectivity index (χ2v) is 5.31. The molecule has 0 aromatic carbocycles. The molecule has 1 aliphatic heterocycles. The Balaban J connectivity index is 1.89. The molecule has 1 saturated carbocycles. The number of hydrogen-bond donors (Lipinski definition) is 1. The summed E-state index contributed by atoms with van der Waals surface area (Å²) in [4.78, 5) is 4.67. The van der Waals surface area contributed by atoms with Crippen molar-refractivity contribution in [2.24, 2.45) is 0 Å². The van der Waals surface area contributed by atoms with Gasteiger partial charge in [-0.15, -0.1) is 0 Å². The van der Waals surface area contributed by atoms with Crippen molar-refractivity contribution in [2.75, 3.05) is 13.7 Å². The molecule has 4 heteroatoms. The molecule has 17 heavy (non-hydrogen) atoms. The number of rotatable bonds is 3. The van der Waals surface area contributed by atoms with E-state index in [2.05, 4.69) is 21.8 Å². The second kappa shape index (κ2) is 4.10. The molecule has 1 aromatic rings. The molecule has 0 radical (unpaired) electrons. The zero-order chi connectivity index (χ0) is 11.9. The van der Waals surface area contributed by atoms with Gasteiger partial charge in [0.1, 0.15) is 5.82 Å². The Morgan fingerprint density at radius 2 is 2.29 bits per heavy atom. The zero-order valence-electron chi connectivity index (χ0n) is 10.8. The maximum Gasteiger partial charge on any atom is 0.106 e. The van der Waals surface area contributed by atoms with Crippen LogP contribution in [0, 0.1) is 6.92 Å². The van der Waals surface area contributed by atoms with Gasteiger partial charge < -0.3 is 14.6 Å². The summed E-state index contributed by atoms with van der Waals surface area (Å²) < 4.78 is 8.12. The molecular weight excluding hydrogens is 214 g/mol. The number of aromatic nitrogens is 2. The van der Waals surface area contributed by atoms with Crippen molar-refractivity contribution in [3.63, 3.8) is 0 Å². The summed E-state index contributed by atoms with van der Waals surface area (Å²) in [6.45, 7) is 5.08. The molecule has 1 aromatic heterocycles. The van der Waals surface area contributed by atoms with Gasteiger partial charge in [-0.2, -0.15) is 0 Å². The predicted octanol–water partition coefficient (Wildman–Crippen LogP) is 1.41. The van der Waals surface area contributed by atoms with E-state index in [0.29, 0.717) is 0 Å². The molecule has 4 nitrogen and oxygen atoms in total. The van der Waals surface area contributed by atoms with Gasteiger partial charge in [-0.3, -0.25) is 0 Å². The average molecular weight is 235 g/mol. The smallest absolute Gasteiger partial charge is 0.106 e. The minimum Gasteiger partial charge on any atom is -0.376 e. The Morgan fingerprint density at radius 1 is 1.47 bits per heavy atom. The number of imidazole rings is 1. The third-order valence-electron chi connectivity index (χ3n) is 4.32. The Bertz CT molecular complexity index is 415. The first-order valence-corrected chi connectivity index (χ1v) is 6.55. The van der Waals surface area contributed by atoms with Gasteiger partial charge in [0.2, 0.25) is 0 Å². The van der Waals surface area contributed by atoms with Crippen LogP contribution in [0.2, 0.25) is 0 Å². The highest BCUT2D eigenvalue weighted by molar-refractivity contribution is 5.20. The third kappa shape index (κ3) is 1.79. The molecule has 3 rings (SSSR count). The van der Waals surface area contributed by atoms with Crippen molar-refractivity contribution >= 4 is 0 Å². The Labute approximate surface area is 102 Å². The molecule has 2 heterocycles. The van der Waals surface area contributed by atoms with Crippen LogP contribution in [-0.4, -0.2) is 28.8 Å². The van der Waals surface area contributed by atoms with E-state index in [9.17, 15) is 0 Å². The van der Waals surface area contributed by atoms with E-state index < -0.39 is 0 Å². The topological polar surface area (TPSA) is 39.1 Å². The SMILES string of the molecule is COC1(Cn2c(C)nc3c2CCNC3)CCC1. The van der Waals surface area contributed by atoms with Crippen LogP contribution >= 0.6 is 0 Å². The van der Waals surface area contributed by atoms with Crippen LogP contribution in [-0.2, 0) is 24.2 Å². The van der Waals surface area contributed by atoms with E-state index in [-0.39, 0.29) is 5.60 Å². The molecule has 0 amide bonds. The summed E-state index contributed by atoms with van der Waals surface area (Å²) in [6, 6.07) is 0. The highest BCUT2D eigenvalue weighted by Gasteiger charge is 2.38. The fraction of sp³-hybridized carbons (Fsp3) is 0.769. The first-order chi connectivity index (χ1) is 8.24. The maximum absolute atomic E-state index is 5.73. The normalized spacial score (nSPS) is 22.0. The van der Waals surface area contributed by atoms with Crippen molar-refractivity contribution in [3.05, 3.63) is 17.2 Å². The molecule has 0 spiro atoms. The molecule has 0 bridgehead atoms. The maximum atomic E-state index is 5.73. The molecule has 1 N–H and O–H groups in total. The molecular formula is C13H21N3O. The van der Waals surface area contributed by atoms with E-state index in [1.807, 2.05) is 7.11 Å². The number of aryl methyl sites for hydroxylation is 1. The molecule has 0 atom stereocenters. The summed E-state index contributed by atoms with van der Waals surface area (Å²) in [5.41, 5.74) is 2.74. The van der Waals surface area contributed by atoms with Crippen LogP contribution in [0.15, 0.2) is 0 Å². The van der Waals surface area contributed by atoms with Crippen LogP contribution < -0.4 is 5.32 Å². The van der Waals surface area contributed by atoms with Gasteiger partial charge in [-0.05, 0) is 26.2 Å². The molecule has 94 valence electrons. The van der Waals surface area contributed by atoms with Crippen LogP contribution in [0.5, 0.6) is 0 Å². The first kappa shape index (κ1) is 11.2. The van der Waals surface area contributed by atoms with Crippen LogP contribution in [0.4, 0.5) is 0 Å². The quantitative estimate of drug-likeness (QED) is 0.861. The minimum absolute atomic E-state index is 0.0874. The highest BCUT2D eigenvalue weighted by atomic mass is 16.5. The number of fused-ring (bicyclic) bond motifs is 1. The van der Waals surface area contributed by atoms with Gasteiger partial charge in [0.25, 0.3) is 0 Å². The van der Waals surface area contributed by atoms with Crippen LogP contribution in [0.1, 0.15) is 36.5 Å². The Kier molecular flexibility index (Phi) is 2.71. The van der Waals surface area contributed by atoms with Gasteiger partial charge in [0.15, 0.2) is 0 Å². The summed E-state index contributed by atoms with van der Waals surface area (Å²) in [5, 5.41) is 3.38. The number of methoxy groups -OCH3 is 1. The van der Waals surface area contributed by atoms with Crippen LogP contribution in [0.3, 0.4) is 0 Å². The summed E-state index contributed by atoms with van der Waals surface area (Å²) in [7, 11) is 1.85. The number of nitrogens with zero attached hydrogens (tertiary/aromatic N) is 2. The lowest BCUT2D eigenvalue weighted by Crippen LogP contribution is -2.44. The lowest BCUT2D eigenvalue weighted by atomic mass is 9.80. The average Bonchev–Trinajstić information content (AvgIpc) is 2.60. The number of ether oxygens (including phenoxy) is 1. The van der Waals surface area contributed by atoms with E-state index in [1.165, 1.54) is 30.7 Å². The number of hydrogen-bond acceptors (Lipinski definition) is 3. The fourth-order valence-electron chi connectivity index (χ4n) is 3.00. The van der Waals surface area contributed by atoms with Gasteiger partial charge in [0.05, 0.1) is 17.8 Å². The van der Waals surface area contributed by atoms with E-state index in [0.717, 1.165) is 31.9 Å². The molecule has 0 unspecified atom stereocenters. The van der Waals surface area contributed by atoms with Gasteiger partial charge in [0, 0.05) is 32.3 Å². The van der Waals surface area contributed by atoms with Crippen molar-refractivity contribution in [2.45, 2.75) is 51.3 Å². The first-order valence-electron chi connectivity index (χ1n) is 6.55. The van der Waals surface area contributed by atoms with Crippen LogP contribution in [0.25, 0.3) is 0 Å². The van der Waals surface area contributed by atoms with E-state index >= 15 is 0 Å².